The molecule has 8 heteroatoms. The van der Waals surface area contributed by atoms with Crippen molar-refractivity contribution in [2.24, 2.45) is 0 Å². The van der Waals surface area contributed by atoms with Gasteiger partial charge in [-0.25, -0.2) is 14.6 Å². The number of nitrogens with zero attached hydrogens (tertiary/aromatic N) is 2. The highest BCUT2D eigenvalue weighted by atomic mass is 16.4. The largest absolute Gasteiger partial charge is 0.477 e. The molecule has 1 fully saturated rings. The monoisotopic (exact) mass is 396 g/mol. The number of hydrogen-bond acceptors (Lipinski definition) is 6. The lowest BCUT2D eigenvalue weighted by Crippen LogP contribution is -2.19. The van der Waals surface area contributed by atoms with Crippen molar-refractivity contribution in [1.29, 1.82) is 0 Å². The summed E-state index contributed by atoms with van der Waals surface area (Å²) in [5.41, 5.74) is 1.35. The molecule has 0 bridgehead atoms. The number of pyridine rings is 1. The summed E-state index contributed by atoms with van der Waals surface area (Å²) in [6.45, 7) is 3.53. The molecule has 8 nitrogen and oxygen atoms in total. The third kappa shape index (κ3) is 3.20. The van der Waals surface area contributed by atoms with Crippen LogP contribution in [0.25, 0.3) is 21.9 Å². The van der Waals surface area contributed by atoms with Gasteiger partial charge in [0.05, 0.1) is 10.9 Å². The zero-order valence-electron chi connectivity index (χ0n) is 15.9. The number of hydrogen-bond donors (Lipinski definition) is 2. The molecular formula is C21H20N2O6. The lowest BCUT2D eigenvalue weighted by atomic mass is 9.99. The summed E-state index contributed by atoms with van der Waals surface area (Å²) in [5.74, 6) is -2.93. The maximum Gasteiger partial charge on any atom is 0.371 e. The Morgan fingerprint density at radius 2 is 1.83 bits per heavy atom. The molecule has 2 N–H and O–H groups in total. The average molecular weight is 396 g/mol. The molecule has 4 rings (SSSR count). The predicted octanol–water partition coefficient (Wildman–Crippen LogP) is 3.29. The van der Waals surface area contributed by atoms with Crippen LogP contribution in [-0.4, -0.2) is 40.2 Å². The van der Waals surface area contributed by atoms with Gasteiger partial charge in [-0.3, -0.25) is 4.79 Å². The van der Waals surface area contributed by atoms with Crippen molar-refractivity contribution in [3.05, 3.63) is 45.4 Å². The number of carboxylic acids is 2. The van der Waals surface area contributed by atoms with Crippen LogP contribution in [0.2, 0.25) is 0 Å². The molecule has 0 amide bonds. The topological polar surface area (TPSA) is 121 Å². The summed E-state index contributed by atoms with van der Waals surface area (Å²) in [6.07, 6.45) is 3.17. The quantitative estimate of drug-likeness (QED) is 0.630. The Labute approximate surface area is 165 Å². The third-order valence-corrected chi connectivity index (χ3v) is 5.25. The first kappa shape index (κ1) is 18.9. The molecule has 0 unspecified atom stereocenters. The second-order valence-corrected chi connectivity index (χ2v) is 7.18. The minimum absolute atomic E-state index is 0.0900. The SMILES string of the molecule is CCCc1c2nc(C(=O)O)cc(N3CCCC3)c2cc2c(=O)cc(C(=O)O)oc12. The summed E-state index contributed by atoms with van der Waals surface area (Å²) in [5, 5.41) is 19.8. The minimum atomic E-state index is -1.34. The van der Waals surface area contributed by atoms with Crippen molar-refractivity contribution in [3.8, 4) is 0 Å². The second kappa shape index (κ2) is 7.20. The third-order valence-electron chi connectivity index (χ3n) is 5.25. The van der Waals surface area contributed by atoms with E-state index < -0.39 is 23.1 Å². The van der Waals surface area contributed by atoms with Gasteiger partial charge in [-0.2, -0.15) is 0 Å². The van der Waals surface area contributed by atoms with Crippen molar-refractivity contribution < 1.29 is 24.2 Å². The minimum Gasteiger partial charge on any atom is -0.477 e. The number of carboxylic acid groups (broad SMARTS) is 2. The van der Waals surface area contributed by atoms with Gasteiger partial charge in [0, 0.05) is 35.8 Å². The lowest BCUT2D eigenvalue weighted by molar-refractivity contribution is 0.0660. The van der Waals surface area contributed by atoms with Crippen LogP contribution in [0.5, 0.6) is 0 Å². The zero-order valence-corrected chi connectivity index (χ0v) is 15.9. The molecule has 1 saturated heterocycles. The number of aromatic nitrogens is 1. The number of rotatable bonds is 5. The molecular weight excluding hydrogens is 376 g/mol. The normalized spacial score (nSPS) is 14.0. The summed E-state index contributed by atoms with van der Waals surface area (Å²) in [4.78, 5) is 42.2. The van der Waals surface area contributed by atoms with Crippen molar-refractivity contribution in [2.45, 2.75) is 32.6 Å². The van der Waals surface area contributed by atoms with Crippen LogP contribution in [0, 0.1) is 0 Å². The van der Waals surface area contributed by atoms with Gasteiger partial charge in [0.25, 0.3) is 0 Å². The molecule has 1 aromatic carbocycles. The molecule has 0 spiro atoms. The Balaban J connectivity index is 2.16. The maximum absolute atomic E-state index is 12.7. The molecule has 0 atom stereocenters. The van der Waals surface area contributed by atoms with Gasteiger partial charge in [-0.15, -0.1) is 0 Å². The molecule has 150 valence electrons. The predicted molar refractivity (Wildman–Crippen MR) is 107 cm³/mol. The van der Waals surface area contributed by atoms with E-state index in [1.807, 2.05) is 6.92 Å². The molecule has 1 aliphatic rings. The Hall–Kier alpha value is -3.42. The van der Waals surface area contributed by atoms with Crippen LogP contribution in [0.15, 0.2) is 27.4 Å². The molecule has 2 aromatic heterocycles. The van der Waals surface area contributed by atoms with Gasteiger partial charge in [-0.1, -0.05) is 13.3 Å². The second-order valence-electron chi connectivity index (χ2n) is 7.18. The molecule has 1 aliphatic heterocycles. The molecule has 0 aliphatic carbocycles. The fourth-order valence-corrected chi connectivity index (χ4v) is 3.95. The summed E-state index contributed by atoms with van der Waals surface area (Å²) in [7, 11) is 0. The van der Waals surface area contributed by atoms with E-state index in [0.29, 0.717) is 29.3 Å². The number of aryl methyl sites for hydroxylation is 1. The van der Waals surface area contributed by atoms with Crippen molar-refractivity contribution in [1.82, 2.24) is 4.98 Å². The number of fused-ring (bicyclic) bond motifs is 2. The highest BCUT2D eigenvalue weighted by molar-refractivity contribution is 6.06. The van der Waals surface area contributed by atoms with Gasteiger partial charge in [-0.05, 0) is 31.4 Å². The summed E-state index contributed by atoms with van der Waals surface area (Å²) >= 11 is 0. The van der Waals surface area contributed by atoms with E-state index in [0.717, 1.165) is 37.7 Å². The van der Waals surface area contributed by atoms with Gasteiger partial charge < -0.3 is 19.5 Å². The van der Waals surface area contributed by atoms with E-state index in [-0.39, 0.29) is 16.7 Å². The fourth-order valence-electron chi connectivity index (χ4n) is 3.95. The summed E-state index contributed by atoms with van der Waals surface area (Å²) in [6, 6.07) is 4.17. The Bertz CT molecular complexity index is 1210. The first-order valence-corrected chi connectivity index (χ1v) is 9.56. The molecule has 3 aromatic rings. The zero-order chi connectivity index (χ0) is 20.7. The van der Waals surface area contributed by atoms with Crippen LogP contribution in [-0.2, 0) is 6.42 Å². The summed E-state index contributed by atoms with van der Waals surface area (Å²) < 4.78 is 5.56. The lowest BCUT2D eigenvalue weighted by Gasteiger charge is -2.21. The van der Waals surface area contributed by atoms with Crippen molar-refractivity contribution in [2.75, 3.05) is 18.0 Å². The van der Waals surface area contributed by atoms with E-state index in [1.165, 1.54) is 0 Å². The van der Waals surface area contributed by atoms with Crippen LogP contribution in [0.1, 0.15) is 52.8 Å². The van der Waals surface area contributed by atoms with Crippen molar-refractivity contribution >= 4 is 39.5 Å². The first-order valence-electron chi connectivity index (χ1n) is 9.56. The van der Waals surface area contributed by atoms with Crippen LogP contribution in [0.4, 0.5) is 5.69 Å². The Morgan fingerprint density at radius 3 is 2.45 bits per heavy atom. The van der Waals surface area contributed by atoms with E-state index in [4.69, 9.17) is 4.42 Å². The van der Waals surface area contributed by atoms with Crippen LogP contribution < -0.4 is 10.3 Å². The Kier molecular flexibility index (Phi) is 4.70. The molecule has 3 heterocycles. The van der Waals surface area contributed by atoms with Gasteiger partial charge in [0.1, 0.15) is 5.58 Å². The number of carbonyl (C=O) groups is 2. The molecule has 0 saturated carbocycles. The highest BCUT2D eigenvalue weighted by Crippen LogP contribution is 2.35. The van der Waals surface area contributed by atoms with E-state index in [9.17, 15) is 24.6 Å². The maximum atomic E-state index is 12.7. The molecule has 29 heavy (non-hydrogen) atoms. The standard InChI is InChI=1S/C21H20N2O6/c1-2-5-11-18-12(8-13-16(24)10-17(21(27)28)29-19(11)13)15(23-6-3-4-7-23)9-14(22-18)20(25)26/h8-10H,2-7H2,1H3,(H,25,26)(H,27,28). The average Bonchev–Trinajstić information content (AvgIpc) is 3.22. The smallest absolute Gasteiger partial charge is 0.371 e. The van der Waals surface area contributed by atoms with Crippen LogP contribution >= 0.6 is 0 Å². The van der Waals surface area contributed by atoms with Crippen molar-refractivity contribution in [3.63, 3.8) is 0 Å². The first-order chi connectivity index (χ1) is 13.9. The van der Waals surface area contributed by atoms with Crippen LogP contribution in [0.3, 0.4) is 0 Å². The highest BCUT2D eigenvalue weighted by Gasteiger charge is 2.23. The van der Waals surface area contributed by atoms with Gasteiger partial charge in [0.2, 0.25) is 5.76 Å². The fraction of sp³-hybridized carbons (Fsp3) is 0.333. The van der Waals surface area contributed by atoms with Gasteiger partial charge >= 0.3 is 11.9 Å². The van der Waals surface area contributed by atoms with E-state index in [2.05, 4.69) is 9.88 Å². The van der Waals surface area contributed by atoms with E-state index >= 15 is 0 Å². The molecule has 0 radical (unpaired) electrons. The number of anilines is 1. The Morgan fingerprint density at radius 1 is 1.10 bits per heavy atom. The van der Waals surface area contributed by atoms with Gasteiger partial charge in [0.15, 0.2) is 11.1 Å². The van der Waals surface area contributed by atoms with E-state index in [1.54, 1.807) is 12.1 Å². The number of aromatic carboxylic acids is 2. The number of benzene rings is 1.